The normalized spacial score (nSPS) is 15.6. The highest BCUT2D eigenvalue weighted by molar-refractivity contribution is 5.87. The molecule has 0 saturated carbocycles. The molecule has 0 aliphatic carbocycles. The molecule has 0 bridgehead atoms. The number of carbonyl (C=O) groups excluding carboxylic acids is 1. The maximum Gasteiger partial charge on any atom is 0.152 e. The number of carbonyl (C=O) groups is 1. The van der Waals surface area contributed by atoms with E-state index in [9.17, 15) is 4.79 Å². The predicted molar refractivity (Wildman–Crippen MR) is 69.7 cm³/mol. The maximum atomic E-state index is 10.4. The van der Waals surface area contributed by atoms with E-state index in [1.54, 1.807) is 13.0 Å². The van der Waals surface area contributed by atoms with E-state index >= 15 is 0 Å². The topological polar surface area (TPSA) is 41.1 Å². The zero-order valence-corrected chi connectivity index (χ0v) is 10.7. The first-order valence-electron chi connectivity index (χ1n) is 6.36. The minimum atomic E-state index is 0.150. The Kier molecular flexibility index (Phi) is 11.9. The lowest BCUT2D eigenvalue weighted by molar-refractivity contribution is -0.112. The summed E-state index contributed by atoms with van der Waals surface area (Å²) in [5.41, 5.74) is 0. The molecule has 0 aromatic heterocycles. The van der Waals surface area contributed by atoms with E-state index in [4.69, 9.17) is 0 Å². The molecule has 2 N–H and O–H groups in total. The van der Waals surface area contributed by atoms with Crippen LogP contribution in [0.1, 0.15) is 39.5 Å². The van der Waals surface area contributed by atoms with Gasteiger partial charge in [-0.1, -0.05) is 25.8 Å². The summed E-state index contributed by atoms with van der Waals surface area (Å²) in [5, 5.41) is 6.44. The monoisotopic (exact) mass is 226 g/mol. The van der Waals surface area contributed by atoms with Crippen molar-refractivity contribution >= 4 is 5.78 Å². The number of unbranched alkanes of at least 4 members (excludes halogenated alkanes) is 3. The maximum absolute atomic E-state index is 10.4. The SMILES string of the molecule is C1CNCCN1.CCCCCC=CC(C)=O. The van der Waals surface area contributed by atoms with Crippen LogP contribution in [0, 0.1) is 0 Å². The summed E-state index contributed by atoms with van der Waals surface area (Å²) >= 11 is 0. The van der Waals surface area contributed by atoms with E-state index in [1.165, 1.54) is 19.3 Å². The molecule has 0 radical (unpaired) electrons. The molecule has 3 heteroatoms. The molecule has 1 saturated heterocycles. The van der Waals surface area contributed by atoms with Crippen LogP contribution in [0.4, 0.5) is 0 Å². The summed E-state index contributed by atoms with van der Waals surface area (Å²) < 4.78 is 0. The molecule has 1 aliphatic heterocycles. The molecule has 16 heavy (non-hydrogen) atoms. The lowest BCUT2D eigenvalue weighted by Gasteiger charge is -2.11. The number of hydrogen-bond acceptors (Lipinski definition) is 3. The fraction of sp³-hybridized carbons (Fsp3) is 0.769. The highest BCUT2D eigenvalue weighted by Crippen LogP contribution is 1.99. The Balaban J connectivity index is 0.000000315. The number of ketones is 1. The van der Waals surface area contributed by atoms with Crippen molar-refractivity contribution in [3.8, 4) is 0 Å². The second-order valence-electron chi connectivity index (χ2n) is 4.01. The molecule has 0 unspecified atom stereocenters. The van der Waals surface area contributed by atoms with Gasteiger partial charge in [-0.3, -0.25) is 4.79 Å². The zero-order chi connectivity index (χ0) is 12.1. The first-order valence-corrected chi connectivity index (χ1v) is 6.36. The fourth-order valence-electron chi connectivity index (χ4n) is 1.37. The second kappa shape index (κ2) is 12.4. The van der Waals surface area contributed by atoms with Crippen LogP contribution in [-0.4, -0.2) is 32.0 Å². The van der Waals surface area contributed by atoms with Crippen molar-refractivity contribution in [3.63, 3.8) is 0 Å². The van der Waals surface area contributed by atoms with Crippen molar-refractivity contribution in [3.05, 3.63) is 12.2 Å². The number of hydrogen-bond donors (Lipinski definition) is 2. The van der Waals surface area contributed by atoms with Gasteiger partial charge in [0.15, 0.2) is 5.78 Å². The molecule has 3 nitrogen and oxygen atoms in total. The third-order valence-corrected chi connectivity index (χ3v) is 2.28. The molecule has 0 aromatic rings. The lowest BCUT2D eigenvalue weighted by Crippen LogP contribution is -2.39. The van der Waals surface area contributed by atoms with Crippen molar-refractivity contribution < 1.29 is 4.79 Å². The van der Waals surface area contributed by atoms with Crippen molar-refractivity contribution in [1.82, 2.24) is 10.6 Å². The highest BCUT2D eigenvalue weighted by atomic mass is 16.1. The van der Waals surface area contributed by atoms with Gasteiger partial charge in [0.25, 0.3) is 0 Å². The van der Waals surface area contributed by atoms with E-state index in [-0.39, 0.29) is 5.78 Å². The number of nitrogens with one attached hydrogen (secondary N) is 2. The first kappa shape index (κ1) is 15.3. The van der Waals surface area contributed by atoms with Gasteiger partial charge < -0.3 is 10.6 Å². The van der Waals surface area contributed by atoms with Crippen LogP contribution >= 0.6 is 0 Å². The van der Waals surface area contributed by atoms with Gasteiger partial charge in [-0.2, -0.15) is 0 Å². The molecule has 94 valence electrons. The van der Waals surface area contributed by atoms with Crippen molar-refractivity contribution in [2.75, 3.05) is 26.2 Å². The van der Waals surface area contributed by atoms with E-state index in [0.29, 0.717) is 0 Å². The number of piperazine rings is 1. The Labute approximate surface area is 99.7 Å². The molecule has 1 fully saturated rings. The van der Waals surface area contributed by atoms with Crippen LogP contribution in [0.2, 0.25) is 0 Å². The summed E-state index contributed by atoms with van der Waals surface area (Å²) in [6, 6.07) is 0. The van der Waals surface area contributed by atoms with Gasteiger partial charge in [0.05, 0.1) is 0 Å². The van der Waals surface area contributed by atoms with Gasteiger partial charge in [-0.25, -0.2) is 0 Å². The third kappa shape index (κ3) is 13.3. The zero-order valence-electron chi connectivity index (χ0n) is 10.7. The average Bonchev–Trinajstić information content (AvgIpc) is 2.31. The average molecular weight is 226 g/mol. The van der Waals surface area contributed by atoms with Crippen LogP contribution in [-0.2, 0) is 4.79 Å². The highest BCUT2D eigenvalue weighted by Gasteiger charge is 1.91. The summed E-state index contributed by atoms with van der Waals surface area (Å²) in [4.78, 5) is 10.4. The summed E-state index contributed by atoms with van der Waals surface area (Å²) in [6.45, 7) is 8.31. The third-order valence-electron chi connectivity index (χ3n) is 2.28. The minimum Gasteiger partial charge on any atom is -0.314 e. The number of rotatable bonds is 5. The van der Waals surface area contributed by atoms with Gasteiger partial charge in [-0.15, -0.1) is 0 Å². The molecule has 1 rings (SSSR count). The number of allylic oxidation sites excluding steroid dienone is 2. The fourth-order valence-corrected chi connectivity index (χ4v) is 1.37. The smallest absolute Gasteiger partial charge is 0.152 e. The van der Waals surface area contributed by atoms with Crippen molar-refractivity contribution in [2.45, 2.75) is 39.5 Å². The summed E-state index contributed by atoms with van der Waals surface area (Å²) in [6.07, 6.45) is 8.37. The van der Waals surface area contributed by atoms with Crippen LogP contribution < -0.4 is 10.6 Å². The largest absolute Gasteiger partial charge is 0.314 e. The van der Waals surface area contributed by atoms with Crippen molar-refractivity contribution in [2.24, 2.45) is 0 Å². The van der Waals surface area contributed by atoms with Gasteiger partial charge in [0.2, 0.25) is 0 Å². The predicted octanol–water partition coefficient (Wildman–Crippen LogP) is 1.89. The van der Waals surface area contributed by atoms with Crippen LogP contribution in [0.3, 0.4) is 0 Å². The molecule has 1 aliphatic rings. The molecular formula is C13H26N2O. The van der Waals surface area contributed by atoms with E-state index < -0.39 is 0 Å². The van der Waals surface area contributed by atoms with Gasteiger partial charge in [0, 0.05) is 26.2 Å². The Bertz CT molecular complexity index is 175. The quantitative estimate of drug-likeness (QED) is 0.555. The molecular weight excluding hydrogens is 200 g/mol. The Morgan fingerprint density at radius 3 is 2.06 bits per heavy atom. The van der Waals surface area contributed by atoms with Gasteiger partial charge in [0.1, 0.15) is 0 Å². The van der Waals surface area contributed by atoms with Gasteiger partial charge >= 0.3 is 0 Å². The van der Waals surface area contributed by atoms with Crippen LogP contribution in [0.15, 0.2) is 12.2 Å². The minimum absolute atomic E-state index is 0.150. The first-order chi connectivity index (χ1) is 7.77. The molecule has 1 heterocycles. The van der Waals surface area contributed by atoms with E-state index in [0.717, 1.165) is 32.6 Å². The lowest BCUT2D eigenvalue weighted by atomic mass is 10.2. The molecule has 0 spiro atoms. The molecule has 0 atom stereocenters. The second-order valence-corrected chi connectivity index (χ2v) is 4.01. The van der Waals surface area contributed by atoms with Crippen LogP contribution in [0.25, 0.3) is 0 Å². The van der Waals surface area contributed by atoms with Gasteiger partial charge in [-0.05, 0) is 25.8 Å². The Morgan fingerprint density at radius 1 is 1.12 bits per heavy atom. The molecule has 0 aromatic carbocycles. The standard InChI is InChI=1S/C9H16O.C4H10N2/c1-3-4-5-6-7-8-9(2)10;1-2-6-4-3-5-1/h7-8H,3-6H2,1-2H3;5-6H,1-4H2. The van der Waals surface area contributed by atoms with E-state index in [2.05, 4.69) is 17.6 Å². The van der Waals surface area contributed by atoms with E-state index in [1.807, 2.05) is 6.08 Å². The summed E-state index contributed by atoms with van der Waals surface area (Å²) in [5.74, 6) is 0.150. The Morgan fingerprint density at radius 2 is 1.69 bits per heavy atom. The molecule has 0 amide bonds. The summed E-state index contributed by atoms with van der Waals surface area (Å²) in [7, 11) is 0. The van der Waals surface area contributed by atoms with Crippen LogP contribution in [0.5, 0.6) is 0 Å². The Hall–Kier alpha value is -0.670. The van der Waals surface area contributed by atoms with Crippen molar-refractivity contribution in [1.29, 1.82) is 0 Å².